The van der Waals surface area contributed by atoms with E-state index in [4.69, 9.17) is 11.6 Å². The van der Waals surface area contributed by atoms with Crippen LogP contribution in [0.25, 0.3) is 0 Å². The molecule has 0 spiro atoms. The van der Waals surface area contributed by atoms with Gasteiger partial charge in [0.15, 0.2) is 0 Å². The predicted molar refractivity (Wildman–Crippen MR) is 72.3 cm³/mol. The molecule has 17 heavy (non-hydrogen) atoms. The van der Waals surface area contributed by atoms with Gasteiger partial charge in [-0.2, -0.15) is 0 Å². The Morgan fingerprint density at radius 2 is 1.82 bits per heavy atom. The molecule has 0 heterocycles. The van der Waals surface area contributed by atoms with Crippen molar-refractivity contribution in [2.45, 2.75) is 33.1 Å². The fraction of sp³-hybridized carbons (Fsp3) is 0.500. The van der Waals surface area contributed by atoms with Gasteiger partial charge in [-0.1, -0.05) is 37.6 Å². The zero-order chi connectivity index (χ0) is 13.1. The van der Waals surface area contributed by atoms with Gasteiger partial charge in [-0.05, 0) is 37.5 Å². The van der Waals surface area contributed by atoms with E-state index in [-0.39, 0.29) is 5.91 Å². The average Bonchev–Trinajstić information content (AvgIpc) is 2.26. The topological polar surface area (TPSA) is 29.1 Å². The van der Waals surface area contributed by atoms with Gasteiger partial charge in [-0.3, -0.25) is 4.79 Å². The molecular formula is C14H20ClNO. The summed E-state index contributed by atoms with van der Waals surface area (Å²) in [6.07, 6.45) is 0. The lowest BCUT2D eigenvalue weighted by molar-refractivity contribution is -0.125. The maximum absolute atomic E-state index is 12.1. The standard InChI is InChI=1S/C14H20ClNO/c1-10(2)9-16-13(17)14(3,4)11-5-7-12(15)8-6-11/h5-8,10H,9H2,1-4H3,(H,16,17). The molecule has 94 valence electrons. The minimum absolute atomic E-state index is 0.0496. The fourth-order valence-electron chi connectivity index (χ4n) is 1.52. The molecule has 0 aliphatic rings. The van der Waals surface area contributed by atoms with Crippen LogP contribution in [0.1, 0.15) is 33.3 Å². The molecule has 1 aromatic carbocycles. The molecule has 0 atom stereocenters. The Kier molecular flexibility index (Phi) is 4.58. The molecule has 0 aliphatic heterocycles. The first-order valence-electron chi connectivity index (χ1n) is 5.88. The van der Waals surface area contributed by atoms with Crippen LogP contribution in [0.3, 0.4) is 0 Å². The van der Waals surface area contributed by atoms with Gasteiger partial charge in [-0.15, -0.1) is 0 Å². The molecule has 0 aromatic heterocycles. The molecule has 0 saturated carbocycles. The molecule has 0 bridgehead atoms. The molecule has 2 nitrogen and oxygen atoms in total. The Morgan fingerprint density at radius 1 is 1.29 bits per heavy atom. The van der Waals surface area contributed by atoms with Gasteiger partial charge < -0.3 is 5.32 Å². The molecule has 0 aliphatic carbocycles. The van der Waals surface area contributed by atoms with Gasteiger partial charge in [0.25, 0.3) is 0 Å². The first kappa shape index (κ1) is 14.0. The lowest BCUT2D eigenvalue weighted by Crippen LogP contribution is -2.41. The van der Waals surface area contributed by atoms with Crippen LogP contribution in [0.15, 0.2) is 24.3 Å². The largest absolute Gasteiger partial charge is 0.355 e. The monoisotopic (exact) mass is 253 g/mol. The number of amides is 1. The van der Waals surface area contributed by atoms with Crippen molar-refractivity contribution in [2.24, 2.45) is 5.92 Å². The Balaban J connectivity index is 2.79. The van der Waals surface area contributed by atoms with Crippen molar-refractivity contribution in [1.29, 1.82) is 0 Å². The van der Waals surface area contributed by atoms with Crippen LogP contribution in [0.4, 0.5) is 0 Å². The molecule has 0 saturated heterocycles. The summed E-state index contributed by atoms with van der Waals surface area (Å²) in [6.45, 7) is 8.71. The van der Waals surface area contributed by atoms with E-state index in [2.05, 4.69) is 19.2 Å². The van der Waals surface area contributed by atoms with Crippen molar-refractivity contribution in [1.82, 2.24) is 5.32 Å². The van der Waals surface area contributed by atoms with Crippen LogP contribution in [0.5, 0.6) is 0 Å². The first-order chi connectivity index (χ1) is 7.84. The summed E-state index contributed by atoms with van der Waals surface area (Å²) >= 11 is 5.84. The summed E-state index contributed by atoms with van der Waals surface area (Å²) in [5, 5.41) is 3.65. The Morgan fingerprint density at radius 3 is 2.29 bits per heavy atom. The molecule has 1 amide bonds. The third-order valence-corrected chi connectivity index (χ3v) is 3.06. The molecule has 0 radical (unpaired) electrons. The second-order valence-corrected chi connectivity index (χ2v) is 5.67. The lowest BCUT2D eigenvalue weighted by atomic mass is 9.83. The molecule has 1 rings (SSSR count). The zero-order valence-corrected chi connectivity index (χ0v) is 11.6. The molecule has 0 fully saturated rings. The van der Waals surface area contributed by atoms with Crippen LogP contribution in [-0.2, 0) is 10.2 Å². The first-order valence-corrected chi connectivity index (χ1v) is 6.26. The van der Waals surface area contributed by atoms with Crippen molar-refractivity contribution < 1.29 is 4.79 Å². The van der Waals surface area contributed by atoms with E-state index >= 15 is 0 Å². The SMILES string of the molecule is CC(C)CNC(=O)C(C)(C)c1ccc(Cl)cc1. The van der Waals surface area contributed by atoms with Crippen molar-refractivity contribution in [3.05, 3.63) is 34.9 Å². The Labute approximate surface area is 108 Å². The quantitative estimate of drug-likeness (QED) is 0.876. The van der Waals surface area contributed by atoms with E-state index in [1.165, 1.54) is 0 Å². The highest BCUT2D eigenvalue weighted by Crippen LogP contribution is 2.24. The smallest absolute Gasteiger partial charge is 0.230 e. The molecule has 1 N–H and O–H groups in total. The lowest BCUT2D eigenvalue weighted by Gasteiger charge is -2.24. The minimum Gasteiger partial charge on any atom is -0.355 e. The van der Waals surface area contributed by atoms with Crippen molar-refractivity contribution in [2.75, 3.05) is 6.54 Å². The van der Waals surface area contributed by atoms with Crippen molar-refractivity contribution in [3.8, 4) is 0 Å². The average molecular weight is 254 g/mol. The second kappa shape index (κ2) is 5.54. The highest BCUT2D eigenvalue weighted by atomic mass is 35.5. The number of nitrogens with one attached hydrogen (secondary N) is 1. The minimum atomic E-state index is -0.528. The van der Waals surface area contributed by atoms with Gasteiger partial charge in [0.1, 0.15) is 0 Å². The molecular weight excluding hydrogens is 234 g/mol. The highest BCUT2D eigenvalue weighted by Gasteiger charge is 2.29. The Hall–Kier alpha value is -1.02. The molecule has 1 aromatic rings. The van der Waals surface area contributed by atoms with Crippen LogP contribution in [-0.4, -0.2) is 12.5 Å². The summed E-state index contributed by atoms with van der Waals surface area (Å²) < 4.78 is 0. The third-order valence-electron chi connectivity index (χ3n) is 2.80. The van der Waals surface area contributed by atoms with Crippen LogP contribution in [0, 0.1) is 5.92 Å². The van der Waals surface area contributed by atoms with Gasteiger partial charge in [0, 0.05) is 11.6 Å². The summed E-state index contributed by atoms with van der Waals surface area (Å²) in [7, 11) is 0. The number of carbonyl (C=O) groups is 1. The summed E-state index contributed by atoms with van der Waals surface area (Å²) in [4.78, 5) is 12.1. The van der Waals surface area contributed by atoms with E-state index in [1.807, 2.05) is 38.1 Å². The van der Waals surface area contributed by atoms with E-state index in [0.717, 1.165) is 5.56 Å². The number of hydrogen-bond donors (Lipinski definition) is 1. The van der Waals surface area contributed by atoms with Crippen LogP contribution in [0.2, 0.25) is 5.02 Å². The predicted octanol–water partition coefficient (Wildman–Crippen LogP) is 3.39. The summed E-state index contributed by atoms with van der Waals surface area (Å²) in [5.74, 6) is 0.508. The fourth-order valence-corrected chi connectivity index (χ4v) is 1.64. The van der Waals surface area contributed by atoms with Crippen LogP contribution >= 0.6 is 11.6 Å². The number of carbonyl (C=O) groups excluding carboxylic acids is 1. The number of rotatable bonds is 4. The van der Waals surface area contributed by atoms with Crippen LogP contribution < -0.4 is 5.32 Å². The van der Waals surface area contributed by atoms with Gasteiger partial charge in [-0.25, -0.2) is 0 Å². The third kappa shape index (κ3) is 3.74. The van der Waals surface area contributed by atoms with E-state index in [9.17, 15) is 4.79 Å². The maximum Gasteiger partial charge on any atom is 0.230 e. The van der Waals surface area contributed by atoms with E-state index < -0.39 is 5.41 Å². The number of hydrogen-bond acceptors (Lipinski definition) is 1. The van der Waals surface area contributed by atoms with E-state index in [1.54, 1.807) is 0 Å². The van der Waals surface area contributed by atoms with Gasteiger partial charge in [0.05, 0.1) is 5.41 Å². The zero-order valence-electron chi connectivity index (χ0n) is 10.9. The maximum atomic E-state index is 12.1. The second-order valence-electron chi connectivity index (χ2n) is 5.24. The van der Waals surface area contributed by atoms with Gasteiger partial charge in [0.2, 0.25) is 5.91 Å². The Bertz CT molecular complexity index is 382. The van der Waals surface area contributed by atoms with Crippen molar-refractivity contribution >= 4 is 17.5 Å². The molecule has 0 unspecified atom stereocenters. The number of halogens is 1. The highest BCUT2D eigenvalue weighted by molar-refractivity contribution is 6.30. The van der Waals surface area contributed by atoms with Gasteiger partial charge >= 0.3 is 0 Å². The number of benzene rings is 1. The molecule has 3 heteroatoms. The van der Waals surface area contributed by atoms with Crippen molar-refractivity contribution in [3.63, 3.8) is 0 Å². The summed E-state index contributed by atoms with van der Waals surface area (Å²) in [6, 6.07) is 7.43. The van der Waals surface area contributed by atoms with E-state index in [0.29, 0.717) is 17.5 Å². The normalized spacial score (nSPS) is 11.6. The summed E-state index contributed by atoms with van der Waals surface area (Å²) in [5.41, 5.74) is 0.447.